The second-order valence-corrected chi connectivity index (χ2v) is 6.68. The number of aliphatic imine (C=N–C) groups is 1. The summed E-state index contributed by atoms with van der Waals surface area (Å²) in [5.74, 6) is -0.217. The molecule has 0 radical (unpaired) electrons. The van der Waals surface area contributed by atoms with E-state index in [1.165, 1.54) is 13.8 Å². The molecule has 0 heterocycles. The number of hydrogen-bond donors (Lipinski definition) is 2. The molecule has 0 unspecified atom stereocenters. The lowest BCUT2D eigenvalue weighted by molar-refractivity contribution is -0.115. The van der Waals surface area contributed by atoms with Crippen LogP contribution in [0.4, 0.5) is 17.1 Å². The van der Waals surface area contributed by atoms with Crippen LogP contribution in [0.25, 0.3) is 11.1 Å². The zero-order valence-electron chi connectivity index (χ0n) is 15.6. The Morgan fingerprint density at radius 3 is 1.93 bits per heavy atom. The van der Waals surface area contributed by atoms with Crippen LogP contribution in [-0.4, -0.2) is 17.5 Å². The fourth-order valence-electron chi connectivity index (χ4n) is 3.40. The van der Waals surface area contributed by atoms with Crippen LogP contribution in [0.2, 0.25) is 0 Å². The zero-order valence-corrected chi connectivity index (χ0v) is 15.6. The Bertz CT molecular complexity index is 1110. The van der Waals surface area contributed by atoms with Crippen molar-refractivity contribution in [2.45, 2.75) is 13.8 Å². The maximum absolute atomic E-state index is 11.4. The highest BCUT2D eigenvalue weighted by atomic mass is 16.2. The fraction of sp³-hybridized carbons (Fsp3) is 0.0870. The number of benzene rings is 3. The van der Waals surface area contributed by atoms with Gasteiger partial charge in [0.2, 0.25) is 11.8 Å². The van der Waals surface area contributed by atoms with Crippen LogP contribution in [0.3, 0.4) is 0 Å². The van der Waals surface area contributed by atoms with Gasteiger partial charge in [-0.2, -0.15) is 0 Å². The van der Waals surface area contributed by atoms with Gasteiger partial charge in [0.05, 0.1) is 11.4 Å². The molecule has 2 amide bonds. The monoisotopic (exact) mass is 369 g/mol. The standard InChI is InChI=1S/C23H19N3O2/c1-14(27)24-16-7-9-17(10-8-16)26-23-21-6-4-3-5-19(21)20-12-11-18(13-22(20)23)25-15(2)28/h3-13H,1-2H3,(H,24,27)(H,25,28). The van der Waals surface area contributed by atoms with Gasteiger partial charge in [-0.1, -0.05) is 30.3 Å². The van der Waals surface area contributed by atoms with Crippen LogP contribution in [0.1, 0.15) is 25.0 Å². The number of anilines is 2. The van der Waals surface area contributed by atoms with Crippen molar-refractivity contribution in [3.05, 3.63) is 77.9 Å². The molecule has 0 fully saturated rings. The highest BCUT2D eigenvalue weighted by Crippen LogP contribution is 2.39. The second-order valence-electron chi connectivity index (χ2n) is 6.68. The maximum atomic E-state index is 11.4. The first-order valence-corrected chi connectivity index (χ1v) is 8.99. The predicted octanol–water partition coefficient (Wildman–Crippen LogP) is 4.75. The number of hydrogen-bond acceptors (Lipinski definition) is 3. The molecule has 2 N–H and O–H groups in total. The first kappa shape index (κ1) is 17.7. The molecule has 1 aliphatic rings. The third kappa shape index (κ3) is 3.42. The molecule has 138 valence electrons. The highest BCUT2D eigenvalue weighted by Gasteiger charge is 2.25. The van der Waals surface area contributed by atoms with Gasteiger partial charge in [0.15, 0.2) is 0 Å². The molecule has 0 aromatic heterocycles. The lowest BCUT2D eigenvalue weighted by Crippen LogP contribution is -2.06. The lowest BCUT2D eigenvalue weighted by atomic mass is 10.1. The molecule has 0 spiro atoms. The van der Waals surface area contributed by atoms with Gasteiger partial charge in [-0.25, -0.2) is 4.99 Å². The molecular weight excluding hydrogens is 350 g/mol. The third-order valence-electron chi connectivity index (χ3n) is 4.50. The van der Waals surface area contributed by atoms with Crippen LogP contribution in [-0.2, 0) is 9.59 Å². The van der Waals surface area contributed by atoms with Gasteiger partial charge in [0.25, 0.3) is 0 Å². The summed E-state index contributed by atoms with van der Waals surface area (Å²) in [4.78, 5) is 27.5. The van der Waals surface area contributed by atoms with Gasteiger partial charge >= 0.3 is 0 Å². The van der Waals surface area contributed by atoms with E-state index in [0.29, 0.717) is 0 Å². The SMILES string of the molecule is CC(=O)Nc1ccc(N=C2c3ccccc3-c3ccc(NC(C)=O)cc32)cc1. The van der Waals surface area contributed by atoms with E-state index in [4.69, 9.17) is 4.99 Å². The molecule has 28 heavy (non-hydrogen) atoms. The minimum absolute atomic E-state index is 0.108. The molecule has 1 aliphatic carbocycles. The predicted molar refractivity (Wildman–Crippen MR) is 112 cm³/mol. The number of carbonyl (C=O) groups excluding carboxylic acids is 2. The van der Waals surface area contributed by atoms with Crippen LogP contribution >= 0.6 is 0 Å². The molecular formula is C23H19N3O2. The normalized spacial score (nSPS) is 13.0. The summed E-state index contributed by atoms with van der Waals surface area (Å²) in [6, 6.07) is 21.4. The Morgan fingerprint density at radius 1 is 0.679 bits per heavy atom. The third-order valence-corrected chi connectivity index (χ3v) is 4.50. The number of nitrogens with zero attached hydrogens (tertiary/aromatic N) is 1. The van der Waals surface area contributed by atoms with Gasteiger partial charge in [-0.3, -0.25) is 9.59 Å². The smallest absolute Gasteiger partial charge is 0.221 e. The van der Waals surface area contributed by atoms with Crippen molar-refractivity contribution < 1.29 is 9.59 Å². The van der Waals surface area contributed by atoms with E-state index in [2.05, 4.69) is 22.8 Å². The molecule has 0 bridgehead atoms. The Kier molecular flexibility index (Phi) is 4.49. The molecule has 4 rings (SSSR count). The van der Waals surface area contributed by atoms with E-state index >= 15 is 0 Å². The Labute approximate surface area is 163 Å². The summed E-state index contributed by atoms with van der Waals surface area (Å²) in [6.07, 6.45) is 0. The van der Waals surface area contributed by atoms with Gasteiger partial charge in [-0.15, -0.1) is 0 Å². The first-order valence-electron chi connectivity index (χ1n) is 8.99. The Balaban J connectivity index is 1.79. The largest absolute Gasteiger partial charge is 0.326 e. The summed E-state index contributed by atoms with van der Waals surface area (Å²) in [6.45, 7) is 2.97. The number of fused-ring (bicyclic) bond motifs is 3. The average Bonchev–Trinajstić information content (AvgIpc) is 2.96. The topological polar surface area (TPSA) is 70.6 Å². The van der Waals surface area contributed by atoms with Crippen LogP contribution < -0.4 is 10.6 Å². The van der Waals surface area contributed by atoms with Gasteiger partial charge < -0.3 is 10.6 Å². The Hall–Kier alpha value is -3.73. The minimum Gasteiger partial charge on any atom is -0.326 e. The van der Waals surface area contributed by atoms with E-state index in [1.54, 1.807) is 0 Å². The van der Waals surface area contributed by atoms with Gasteiger partial charge in [-0.05, 0) is 47.5 Å². The summed E-state index contributed by atoms with van der Waals surface area (Å²) in [5, 5.41) is 5.59. The fourth-order valence-corrected chi connectivity index (χ4v) is 3.40. The van der Waals surface area contributed by atoms with Crippen LogP contribution in [0.5, 0.6) is 0 Å². The molecule has 3 aromatic carbocycles. The summed E-state index contributed by atoms with van der Waals surface area (Å²) in [7, 11) is 0. The van der Waals surface area contributed by atoms with Crippen molar-refractivity contribution in [3.8, 4) is 11.1 Å². The average molecular weight is 369 g/mol. The van der Waals surface area contributed by atoms with E-state index in [-0.39, 0.29) is 11.8 Å². The van der Waals surface area contributed by atoms with Crippen molar-refractivity contribution in [1.82, 2.24) is 0 Å². The van der Waals surface area contributed by atoms with Crippen molar-refractivity contribution in [3.63, 3.8) is 0 Å². The highest BCUT2D eigenvalue weighted by molar-refractivity contribution is 6.25. The van der Waals surface area contributed by atoms with Gasteiger partial charge in [0.1, 0.15) is 0 Å². The maximum Gasteiger partial charge on any atom is 0.221 e. The first-order chi connectivity index (χ1) is 13.5. The molecule has 5 heteroatoms. The molecule has 5 nitrogen and oxygen atoms in total. The quantitative estimate of drug-likeness (QED) is 0.547. The van der Waals surface area contributed by atoms with Crippen molar-refractivity contribution >= 4 is 34.6 Å². The summed E-state index contributed by atoms with van der Waals surface area (Å²) in [5.41, 5.74) is 7.40. The van der Waals surface area contributed by atoms with Crippen LogP contribution in [0.15, 0.2) is 71.7 Å². The van der Waals surface area contributed by atoms with Crippen LogP contribution in [0, 0.1) is 0 Å². The Morgan fingerprint density at radius 2 is 1.25 bits per heavy atom. The van der Waals surface area contributed by atoms with E-state index in [0.717, 1.165) is 45.0 Å². The van der Waals surface area contributed by atoms with Gasteiger partial charge in [0, 0.05) is 36.3 Å². The summed E-state index contributed by atoms with van der Waals surface area (Å²) < 4.78 is 0. The van der Waals surface area contributed by atoms with E-state index in [1.807, 2.05) is 54.6 Å². The molecule has 0 atom stereocenters. The number of amides is 2. The number of nitrogens with one attached hydrogen (secondary N) is 2. The minimum atomic E-state index is -0.109. The summed E-state index contributed by atoms with van der Waals surface area (Å²) >= 11 is 0. The van der Waals surface area contributed by atoms with E-state index in [9.17, 15) is 9.59 Å². The van der Waals surface area contributed by atoms with Crippen molar-refractivity contribution in [1.29, 1.82) is 0 Å². The lowest BCUT2D eigenvalue weighted by Gasteiger charge is -2.07. The molecule has 0 aliphatic heterocycles. The zero-order chi connectivity index (χ0) is 19.7. The van der Waals surface area contributed by atoms with Crippen molar-refractivity contribution in [2.24, 2.45) is 4.99 Å². The van der Waals surface area contributed by atoms with E-state index < -0.39 is 0 Å². The number of rotatable bonds is 3. The number of carbonyl (C=O) groups is 2. The second kappa shape index (κ2) is 7.12. The molecule has 0 saturated heterocycles. The van der Waals surface area contributed by atoms with Crippen molar-refractivity contribution in [2.75, 3.05) is 10.6 Å². The molecule has 0 saturated carbocycles. The molecule has 3 aromatic rings.